The lowest BCUT2D eigenvalue weighted by molar-refractivity contribution is 0.345. The van der Waals surface area contributed by atoms with Gasteiger partial charge in [-0.25, -0.2) is 10.2 Å². The standard InChI is InChI=1S/C6H17N2O2P/c1-3-5-8(6-4-2)11(7,9)10/h3-6H2,1-2H3,(H3,7,9,10). The van der Waals surface area contributed by atoms with E-state index in [1.54, 1.807) is 0 Å². The van der Waals surface area contributed by atoms with Gasteiger partial charge >= 0.3 is 7.67 Å². The zero-order valence-electron chi connectivity index (χ0n) is 7.16. The summed E-state index contributed by atoms with van der Waals surface area (Å²) in [5.74, 6) is 0. The van der Waals surface area contributed by atoms with Gasteiger partial charge < -0.3 is 4.89 Å². The molecule has 0 saturated carbocycles. The Kier molecular flexibility index (Phi) is 4.93. The van der Waals surface area contributed by atoms with E-state index < -0.39 is 7.67 Å². The van der Waals surface area contributed by atoms with Gasteiger partial charge in [-0.05, 0) is 12.8 Å². The summed E-state index contributed by atoms with van der Waals surface area (Å²) in [6.07, 6.45) is 1.70. The molecule has 0 bridgehead atoms. The first kappa shape index (κ1) is 11.1. The highest BCUT2D eigenvalue weighted by atomic mass is 31.2. The first-order valence-electron chi connectivity index (χ1n) is 3.89. The number of hydrogen-bond acceptors (Lipinski definition) is 1. The van der Waals surface area contributed by atoms with Crippen molar-refractivity contribution in [2.75, 3.05) is 13.1 Å². The fourth-order valence-corrected chi connectivity index (χ4v) is 1.89. The van der Waals surface area contributed by atoms with Crippen LogP contribution in [0, 0.1) is 0 Å². The van der Waals surface area contributed by atoms with Crippen LogP contribution in [0.25, 0.3) is 0 Å². The van der Waals surface area contributed by atoms with E-state index in [1.165, 1.54) is 4.67 Å². The molecule has 0 aromatic carbocycles. The molecule has 1 atom stereocenters. The Balaban J connectivity index is 3.99. The zero-order valence-corrected chi connectivity index (χ0v) is 8.05. The summed E-state index contributed by atoms with van der Waals surface area (Å²) in [6, 6.07) is 0. The Hall–Kier alpha value is 0.110. The van der Waals surface area contributed by atoms with Crippen LogP contribution in [0.4, 0.5) is 0 Å². The molecule has 1 unspecified atom stereocenters. The van der Waals surface area contributed by atoms with Crippen molar-refractivity contribution in [1.82, 2.24) is 4.67 Å². The quantitative estimate of drug-likeness (QED) is 0.623. The average Bonchev–Trinajstić information content (AvgIpc) is 1.85. The highest BCUT2D eigenvalue weighted by Gasteiger charge is 2.20. The number of rotatable bonds is 5. The molecular weight excluding hydrogens is 163 g/mol. The van der Waals surface area contributed by atoms with Crippen molar-refractivity contribution in [1.29, 1.82) is 0 Å². The third-order valence-electron chi connectivity index (χ3n) is 1.37. The van der Waals surface area contributed by atoms with Gasteiger partial charge in [-0.2, -0.15) is 0 Å². The number of hydrogen-bond donors (Lipinski definition) is 2. The maximum Gasteiger partial charge on any atom is 0.338 e. The zero-order chi connectivity index (χ0) is 8.91. The minimum Gasteiger partial charge on any atom is -0.322 e. The number of nitrogens with zero attached hydrogens (tertiary/aromatic N) is 1. The molecule has 0 spiro atoms. The monoisotopic (exact) mass is 180 g/mol. The van der Waals surface area contributed by atoms with Crippen LogP contribution in [0.5, 0.6) is 0 Å². The summed E-state index contributed by atoms with van der Waals surface area (Å²) in [4.78, 5) is 9.00. The summed E-state index contributed by atoms with van der Waals surface area (Å²) in [6.45, 7) is 5.10. The maximum atomic E-state index is 11.0. The molecule has 4 nitrogen and oxygen atoms in total. The van der Waals surface area contributed by atoms with Gasteiger partial charge in [-0.1, -0.05) is 13.8 Å². The lowest BCUT2D eigenvalue weighted by Crippen LogP contribution is -2.25. The summed E-state index contributed by atoms with van der Waals surface area (Å²) in [5, 5.41) is 0. The van der Waals surface area contributed by atoms with E-state index in [0.29, 0.717) is 13.1 Å². The second-order valence-corrected chi connectivity index (χ2v) is 4.29. The second kappa shape index (κ2) is 4.88. The Morgan fingerprint density at radius 3 is 1.91 bits per heavy atom. The number of nitrogens with two attached hydrogens (primary N) is 1. The first-order chi connectivity index (χ1) is 5.02. The highest BCUT2D eigenvalue weighted by Crippen LogP contribution is 2.35. The smallest absolute Gasteiger partial charge is 0.322 e. The normalized spacial score (nSPS) is 16.8. The van der Waals surface area contributed by atoms with Crippen molar-refractivity contribution in [2.45, 2.75) is 26.7 Å². The van der Waals surface area contributed by atoms with Crippen LogP contribution in [-0.2, 0) is 4.57 Å². The summed E-state index contributed by atoms with van der Waals surface area (Å²) in [7, 11) is -3.48. The fraction of sp³-hybridized carbons (Fsp3) is 1.00. The van der Waals surface area contributed by atoms with Crippen LogP contribution in [-0.4, -0.2) is 22.7 Å². The van der Waals surface area contributed by atoms with Crippen LogP contribution in [0.2, 0.25) is 0 Å². The van der Waals surface area contributed by atoms with Crippen molar-refractivity contribution in [2.24, 2.45) is 5.50 Å². The van der Waals surface area contributed by atoms with Crippen molar-refractivity contribution >= 4 is 7.67 Å². The SMILES string of the molecule is CCCN(CCC)P(N)(=O)O. The van der Waals surface area contributed by atoms with Crippen LogP contribution >= 0.6 is 7.67 Å². The summed E-state index contributed by atoms with van der Waals surface area (Å²) in [5.41, 5.74) is 5.09. The van der Waals surface area contributed by atoms with E-state index in [2.05, 4.69) is 0 Å². The van der Waals surface area contributed by atoms with Crippen molar-refractivity contribution in [3.8, 4) is 0 Å². The lowest BCUT2D eigenvalue weighted by atomic mass is 10.4. The summed E-state index contributed by atoms with van der Waals surface area (Å²) < 4.78 is 12.4. The summed E-state index contributed by atoms with van der Waals surface area (Å²) >= 11 is 0. The van der Waals surface area contributed by atoms with E-state index in [1.807, 2.05) is 13.8 Å². The Labute approximate surface area is 67.9 Å². The van der Waals surface area contributed by atoms with Gasteiger partial charge in [-0.3, -0.25) is 4.57 Å². The first-order valence-corrected chi connectivity index (χ1v) is 5.57. The predicted molar refractivity (Wildman–Crippen MR) is 46.2 cm³/mol. The van der Waals surface area contributed by atoms with Crippen molar-refractivity contribution in [3.63, 3.8) is 0 Å². The Bertz CT molecular complexity index is 140. The van der Waals surface area contributed by atoms with Crippen molar-refractivity contribution in [3.05, 3.63) is 0 Å². The van der Waals surface area contributed by atoms with Gasteiger partial charge in [0.25, 0.3) is 0 Å². The predicted octanol–water partition coefficient (Wildman–Crippen LogP) is 1.17. The van der Waals surface area contributed by atoms with E-state index in [4.69, 9.17) is 10.4 Å². The molecule has 0 heterocycles. The molecule has 0 aromatic rings. The molecule has 0 fully saturated rings. The van der Waals surface area contributed by atoms with Gasteiger partial charge in [0.2, 0.25) is 0 Å². The minimum absolute atomic E-state index is 0.595. The van der Waals surface area contributed by atoms with Gasteiger partial charge in [0.15, 0.2) is 0 Å². The van der Waals surface area contributed by atoms with Gasteiger partial charge in [0.05, 0.1) is 0 Å². The fourth-order valence-electron chi connectivity index (χ4n) is 0.915. The molecule has 0 amide bonds. The van der Waals surface area contributed by atoms with Gasteiger partial charge in [-0.15, -0.1) is 0 Å². The molecule has 0 aliphatic heterocycles. The molecule has 0 aliphatic carbocycles. The molecule has 0 radical (unpaired) electrons. The molecule has 0 aliphatic rings. The largest absolute Gasteiger partial charge is 0.338 e. The lowest BCUT2D eigenvalue weighted by Gasteiger charge is -2.22. The Morgan fingerprint density at radius 1 is 1.36 bits per heavy atom. The van der Waals surface area contributed by atoms with E-state index in [9.17, 15) is 4.57 Å². The van der Waals surface area contributed by atoms with Crippen LogP contribution in [0.15, 0.2) is 0 Å². The molecule has 0 aromatic heterocycles. The van der Waals surface area contributed by atoms with Crippen LogP contribution in [0.3, 0.4) is 0 Å². The molecule has 0 rings (SSSR count). The van der Waals surface area contributed by atoms with E-state index in [-0.39, 0.29) is 0 Å². The van der Waals surface area contributed by atoms with Crippen LogP contribution < -0.4 is 5.50 Å². The molecule has 3 N–H and O–H groups in total. The third kappa shape index (κ3) is 4.53. The third-order valence-corrected chi connectivity index (χ3v) is 2.58. The van der Waals surface area contributed by atoms with Crippen molar-refractivity contribution < 1.29 is 9.46 Å². The maximum absolute atomic E-state index is 11.0. The molecular formula is C6H17N2O2P. The molecule has 68 valence electrons. The minimum atomic E-state index is -3.48. The van der Waals surface area contributed by atoms with E-state index in [0.717, 1.165) is 12.8 Å². The average molecular weight is 180 g/mol. The van der Waals surface area contributed by atoms with Crippen LogP contribution in [0.1, 0.15) is 26.7 Å². The second-order valence-electron chi connectivity index (χ2n) is 2.54. The van der Waals surface area contributed by atoms with E-state index >= 15 is 0 Å². The molecule has 11 heavy (non-hydrogen) atoms. The highest BCUT2D eigenvalue weighted by molar-refractivity contribution is 7.52. The topological polar surface area (TPSA) is 66.6 Å². The van der Waals surface area contributed by atoms with Gasteiger partial charge in [0, 0.05) is 13.1 Å². The molecule has 0 saturated heterocycles. The van der Waals surface area contributed by atoms with Gasteiger partial charge in [0.1, 0.15) is 0 Å². The Morgan fingerprint density at radius 2 is 1.73 bits per heavy atom. The molecule has 5 heteroatoms.